The maximum absolute atomic E-state index is 11.9. The number of thioether (sulfide) groups is 1. The summed E-state index contributed by atoms with van der Waals surface area (Å²) in [5.74, 6) is 1.50. The van der Waals surface area contributed by atoms with E-state index in [1.54, 1.807) is 24.3 Å². The first kappa shape index (κ1) is 18.4. The van der Waals surface area contributed by atoms with Gasteiger partial charge in [0.2, 0.25) is 18.6 Å². The fraction of sp³-hybridized carbons (Fsp3) is 0.222. The van der Waals surface area contributed by atoms with Crippen molar-refractivity contribution in [2.24, 2.45) is 0 Å². The van der Waals surface area contributed by atoms with Crippen molar-refractivity contribution in [1.29, 1.82) is 0 Å². The number of nitrogens with one attached hydrogen (secondary N) is 2. The van der Waals surface area contributed by atoms with Gasteiger partial charge in [0.1, 0.15) is 0 Å². The van der Waals surface area contributed by atoms with Crippen molar-refractivity contribution in [2.45, 2.75) is 6.54 Å². The number of benzene rings is 2. The molecule has 0 bridgehead atoms. The Kier molecular flexibility index (Phi) is 6.25. The molecular formula is C18H17ClN2O4S. The van der Waals surface area contributed by atoms with Gasteiger partial charge in [0, 0.05) is 17.3 Å². The average molecular weight is 393 g/mol. The minimum atomic E-state index is -0.166. The highest BCUT2D eigenvalue weighted by molar-refractivity contribution is 8.00. The molecule has 0 spiro atoms. The molecule has 3 rings (SSSR count). The van der Waals surface area contributed by atoms with Crippen LogP contribution in [0.15, 0.2) is 42.5 Å². The monoisotopic (exact) mass is 392 g/mol. The van der Waals surface area contributed by atoms with Gasteiger partial charge in [0.05, 0.1) is 11.5 Å². The lowest BCUT2D eigenvalue weighted by Crippen LogP contribution is -2.25. The normalized spacial score (nSPS) is 11.9. The summed E-state index contributed by atoms with van der Waals surface area (Å²) in [6, 6.07) is 12.4. The highest BCUT2D eigenvalue weighted by atomic mass is 35.5. The molecule has 2 aromatic rings. The van der Waals surface area contributed by atoms with Gasteiger partial charge in [-0.05, 0) is 42.0 Å². The highest BCUT2D eigenvalue weighted by Crippen LogP contribution is 2.32. The largest absolute Gasteiger partial charge is 0.454 e. The molecule has 2 amide bonds. The topological polar surface area (TPSA) is 76.7 Å². The third-order valence-corrected chi connectivity index (χ3v) is 4.71. The molecule has 0 saturated heterocycles. The van der Waals surface area contributed by atoms with Crippen LogP contribution in [0.25, 0.3) is 0 Å². The molecule has 0 fully saturated rings. The maximum atomic E-state index is 11.9. The van der Waals surface area contributed by atoms with Crippen LogP contribution in [0.5, 0.6) is 11.5 Å². The fourth-order valence-electron chi connectivity index (χ4n) is 2.27. The second kappa shape index (κ2) is 8.82. The molecule has 26 heavy (non-hydrogen) atoms. The third-order valence-electron chi connectivity index (χ3n) is 3.52. The first-order chi connectivity index (χ1) is 12.6. The SMILES string of the molecule is O=C(CSCC(=O)Nc1ccc(Cl)cc1)NCc1ccc2c(c1)OCO2. The van der Waals surface area contributed by atoms with Gasteiger partial charge in [0.15, 0.2) is 11.5 Å². The summed E-state index contributed by atoms with van der Waals surface area (Å²) in [5.41, 5.74) is 1.60. The molecule has 1 heterocycles. The van der Waals surface area contributed by atoms with Crippen molar-refractivity contribution >= 4 is 40.9 Å². The molecule has 0 aromatic heterocycles. The minimum Gasteiger partial charge on any atom is -0.454 e. The smallest absolute Gasteiger partial charge is 0.234 e. The van der Waals surface area contributed by atoms with E-state index in [-0.39, 0.29) is 30.1 Å². The van der Waals surface area contributed by atoms with E-state index in [2.05, 4.69) is 10.6 Å². The number of anilines is 1. The van der Waals surface area contributed by atoms with Gasteiger partial charge in [-0.25, -0.2) is 0 Å². The summed E-state index contributed by atoms with van der Waals surface area (Å²) in [6.07, 6.45) is 0. The lowest BCUT2D eigenvalue weighted by molar-refractivity contribution is -0.118. The number of amides is 2. The number of carbonyl (C=O) groups is 2. The summed E-state index contributed by atoms with van der Waals surface area (Å²) < 4.78 is 10.5. The molecule has 0 atom stereocenters. The van der Waals surface area contributed by atoms with Crippen LogP contribution in [0.3, 0.4) is 0 Å². The molecule has 1 aliphatic heterocycles. The van der Waals surface area contributed by atoms with E-state index < -0.39 is 0 Å². The van der Waals surface area contributed by atoms with Gasteiger partial charge in [-0.1, -0.05) is 17.7 Å². The first-order valence-electron chi connectivity index (χ1n) is 7.88. The lowest BCUT2D eigenvalue weighted by atomic mass is 10.2. The Bertz CT molecular complexity index is 798. The van der Waals surface area contributed by atoms with Gasteiger partial charge in [0.25, 0.3) is 0 Å². The molecule has 1 aliphatic rings. The van der Waals surface area contributed by atoms with Gasteiger partial charge in [-0.15, -0.1) is 11.8 Å². The Morgan fingerprint density at radius 3 is 2.54 bits per heavy atom. The second-order valence-corrected chi connectivity index (χ2v) is 6.93. The Hall–Kier alpha value is -2.38. The molecule has 136 valence electrons. The second-order valence-electron chi connectivity index (χ2n) is 5.51. The van der Waals surface area contributed by atoms with Crippen molar-refractivity contribution < 1.29 is 19.1 Å². The van der Waals surface area contributed by atoms with Crippen LogP contribution in [0.1, 0.15) is 5.56 Å². The van der Waals surface area contributed by atoms with E-state index in [1.165, 1.54) is 11.8 Å². The molecule has 0 radical (unpaired) electrons. The zero-order valence-corrected chi connectivity index (χ0v) is 15.4. The van der Waals surface area contributed by atoms with Crippen LogP contribution >= 0.6 is 23.4 Å². The predicted molar refractivity (Wildman–Crippen MR) is 102 cm³/mol. The maximum Gasteiger partial charge on any atom is 0.234 e. The van der Waals surface area contributed by atoms with E-state index >= 15 is 0 Å². The fourth-order valence-corrected chi connectivity index (χ4v) is 3.04. The van der Waals surface area contributed by atoms with E-state index in [4.69, 9.17) is 21.1 Å². The van der Waals surface area contributed by atoms with Crippen molar-refractivity contribution in [2.75, 3.05) is 23.6 Å². The lowest BCUT2D eigenvalue weighted by Gasteiger charge is -2.07. The Morgan fingerprint density at radius 1 is 1.00 bits per heavy atom. The number of fused-ring (bicyclic) bond motifs is 1. The van der Waals surface area contributed by atoms with Crippen molar-refractivity contribution in [1.82, 2.24) is 5.32 Å². The molecule has 0 aliphatic carbocycles. The van der Waals surface area contributed by atoms with Gasteiger partial charge in [-0.3, -0.25) is 9.59 Å². The number of carbonyl (C=O) groups excluding carboxylic acids is 2. The van der Waals surface area contributed by atoms with Gasteiger partial charge < -0.3 is 20.1 Å². The van der Waals surface area contributed by atoms with E-state index in [0.29, 0.717) is 28.8 Å². The van der Waals surface area contributed by atoms with Crippen molar-refractivity contribution in [3.8, 4) is 11.5 Å². The number of hydrogen-bond donors (Lipinski definition) is 2. The molecule has 2 N–H and O–H groups in total. The van der Waals surface area contributed by atoms with Crippen LogP contribution in [-0.2, 0) is 16.1 Å². The van der Waals surface area contributed by atoms with Crippen LogP contribution in [0.4, 0.5) is 5.69 Å². The van der Waals surface area contributed by atoms with Crippen molar-refractivity contribution in [3.05, 3.63) is 53.1 Å². The molecule has 6 nitrogen and oxygen atoms in total. The number of halogens is 1. The summed E-state index contributed by atoms with van der Waals surface area (Å²) in [7, 11) is 0. The van der Waals surface area contributed by atoms with Crippen LogP contribution < -0.4 is 20.1 Å². The summed E-state index contributed by atoms with van der Waals surface area (Å²) in [4.78, 5) is 23.7. The molecule has 8 heteroatoms. The van der Waals surface area contributed by atoms with E-state index in [9.17, 15) is 9.59 Å². The first-order valence-corrected chi connectivity index (χ1v) is 9.42. The summed E-state index contributed by atoms with van der Waals surface area (Å²) in [6.45, 7) is 0.618. The average Bonchev–Trinajstić information content (AvgIpc) is 3.10. The number of rotatable bonds is 7. The third kappa shape index (κ3) is 5.31. The van der Waals surface area contributed by atoms with Crippen LogP contribution in [0, 0.1) is 0 Å². The van der Waals surface area contributed by atoms with Gasteiger partial charge in [-0.2, -0.15) is 0 Å². The molecular weight excluding hydrogens is 376 g/mol. The zero-order chi connectivity index (χ0) is 18.4. The minimum absolute atomic E-state index is 0.132. The zero-order valence-electron chi connectivity index (χ0n) is 13.8. The Balaban J connectivity index is 1.35. The molecule has 2 aromatic carbocycles. The number of hydrogen-bond acceptors (Lipinski definition) is 5. The van der Waals surface area contributed by atoms with Gasteiger partial charge >= 0.3 is 0 Å². The standard InChI is InChI=1S/C18H17ClN2O4S/c19-13-2-4-14(5-3-13)21-18(23)10-26-9-17(22)20-8-12-1-6-15-16(7-12)25-11-24-15/h1-7H,8-11H2,(H,20,22)(H,21,23). The predicted octanol–water partition coefficient (Wildman–Crippen LogP) is 3.06. The van der Waals surface area contributed by atoms with Crippen molar-refractivity contribution in [3.63, 3.8) is 0 Å². The van der Waals surface area contributed by atoms with Crippen LogP contribution in [0.2, 0.25) is 5.02 Å². The number of ether oxygens (including phenoxy) is 2. The van der Waals surface area contributed by atoms with E-state index in [1.807, 2.05) is 18.2 Å². The molecule has 0 saturated carbocycles. The Morgan fingerprint density at radius 2 is 1.73 bits per heavy atom. The summed E-state index contributed by atoms with van der Waals surface area (Å²) >= 11 is 7.05. The summed E-state index contributed by atoms with van der Waals surface area (Å²) in [5, 5.41) is 6.17. The van der Waals surface area contributed by atoms with Crippen LogP contribution in [-0.4, -0.2) is 30.1 Å². The van der Waals surface area contributed by atoms with E-state index in [0.717, 1.165) is 5.56 Å². The highest BCUT2D eigenvalue weighted by Gasteiger charge is 2.13. The quantitative estimate of drug-likeness (QED) is 0.757. The Labute approximate surface area is 160 Å². The molecule has 0 unspecified atom stereocenters.